The number of hydrogen-bond acceptors (Lipinski definition) is 6. The van der Waals surface area contributed by atoms with Crippen molar-refractivity contribution in [2.75, 3.05) is 25.1 Å². The van der Waals surface area contributed by atoms with Gasteiger partial charge in [0.1, 0.15) is 0 Å². The topological polar surface area (TPSA) is 62.1 Å². The minimum atomic E-state index is -0.110. The molecule has 1 aromatic carbocycles. The number of benzene rings is 1. The number of esters is 1. The van der Waals surface area contributed by atoms with Gasteiger partial charge in [-0.1, -0.05) is 27.2 Å². The predicted octanol–water partition coefficient (Wildman–Crippen LogP) is 11.0. The summed E-state index contributed by atoms with van der Waals surface area (Å²) in [7, 11) is 22.4. The second-order valence-electron chi connectivity index (χ2n) is 6.71. The molecule has 20 heteroatoms. The molecule has 36 heavy (non-hydrogen) atoms. The summed E-state index contributed by atoms with van der Waals surface area (Å²) >= 11 is 8.22. The largest absolute Gasteiger partial charge is 0.469 e. The van der Waals surface area contributed by atoms with Crippen LogP contribution in [0.5, 0.6) is 0 Å². The first-order valence-corrected chi connectivity index (χ1v) is 33.0. The molecule has 0 saturated carbocycles. The first-order valence-electron chi connectivity index (χ1n) is 9.64. The van der Waals surface area contributed by atoms with Crippen LogP contribution in [0.1, 0.15) is 4.88 Å². The van der Waals surface area contributed by atoms with E-state index in [1.54, 1.807) is 0 Å². The van der Waals surface area contributed by atoms with Gasteiger partial charge in [0.2, 0.25) is 0 Å². The average molecular weight is 862 g/mol. The van der Waals surface area contributed by atoms with Crippen molar-refractivity contribution in [1.29, 1.82) is 0 Å². The van der Waals surface area contributed by atoms with Crippen molar-refractivity contribution in [2.45, 2.75) is 0 Å². The predicted molar refractivity (Wildman–Crippen MR) is 206 cm³/mol. The molecule has 2 heterocycles. The van der Waals surface area contributed by atoms with Crippen LogP contribution in [0.3, 0.4) is 0 Å². The third kappa shape index (κ3) is 13.8. The van der Waals surface area contributed by atoms with Crippen LogP contribution in [-0.4, -0.2) is 37.6 Å². The summed E-state index contributed by atoms with van der Waals surface area (Å²) < 4.78 is 6.71. The van der Waals surface area contributed by atoms with Gasteiger partial charge in [0.15, 0.2) is 0 Å². The van der Waals surface area contributed by atoms with Crippen molar-refractivity contribution in [2.24, 2.45) is 11.1 Å². The number of methoxy groups -OCH3 is 1. The lowest BCUT2D eigenvalue weighted by Crippen LogP contribution is -2.50. The number of ether oxygens (including phenoxy) is 1. The second-order valence-corrected chi connectivity index (χ2v) is 54.4. The molecule has 1 aliphatic rings. The third-order valence-electron chi connectivity index (χ3n) is 4.24. The zero-order valence-corrected chi connectivity index (χ0v) is 35.7. The smallest absolute Gasteiger partial charge is 0.312 e. The van der Waals surface area contributed by atoms with Crippen molar-refractivity contribution in [1.82, 2.24) is 0 Å². The lowest BCUT2D eigenvalue weighted by molar-refractivity contribution is -0.146. The Labute approximate surface area is 256 Å². The fourth-order valence-corrected chi connectivity index (χ4v) is 107. The Kier molecular flexibility index (Phi) is 21.7. The number of oxime groups is 1. The van der Waals surface area contributed by atoms with Crippen LogP contribution < -0.4 is 4.90 Å². The summed E-state index contributed by atoms with van der Waals surface area (Å²) in [6.07, 6.45) is 1.40. The van der Waals surface area contributed by atoms with Crippen molar-refractivity contribution < 1.29 is 14.7 Å². The monoisotopic (exact) mass is 860 g/mol. The van der Waals surface area contributed by atoms with E-state index in [-0.39, 0.29) is 46.8 Å². The lowest BCUT2D eigenvalue weighted by Gasteiger charge is -2.39. The van der Waals surface area contributed by atoms with Crippen molar-refractivity contribution in [3.63, 3.8) is 0 Å². The molecule has 202 valence electrons. The van der Waals surface area contributed by atoms with Gasteiger partial charge in [0.25, 0.3) is 0 Å². The maximum atomic E-state index is 11.2. The van der Waals surface area contributed by atoms with Crippen molar-refractivity contribution in [3.05, 3.63) is 49.5 Å². The molecule has 1 aliphatic heterocycles. The van der Waals surface area contributed by atoms with Crippen LogP contribution >= 0.6 is 141 Å². The van der Waals surface area contributed by atoms with Crippen LogP contribution in [0, 0.1) is 5.92 Å². The average Bonchev–Trinajstić information content (AvgIpc) is 3.17. The summed E-state index contributed by atoms with van der Waals surface area (Å²) in [6.45, 7) is 2.21. The normalized spacial score (nSPS) is 14.4. The zero-order chi connectivity index (χ0) is 27.4. The minimum Gasteiger partial charge on any atom is -0.469 e. The summed E-state index contributed by atoms with van der Waals surface area (Å²) in [6, 6.07) is 9.97. The molecular formula is C16H30Br2N2O3P12S. The van der Waals surface area contributed by atoms with Crippen molar-refractivity contribution >= 4 is 159 Å². The molecule has 0 spiro atoms. The highest BCUT2D eigenvalue weighted by atomic mass is 79.9. The highest BCUT2D eigenvalue weighted by molar-refractivity contribution is 9.21. The maximum Gasteiger partial charge on any atom is 0.312 e. The SMILES string of the molecule is COC(=O)C1CN(c2cccc(Br)c2)C1.O/N=C/c1sccc1Br.PP(P)P(P)P(P(P)P)P(P)P. The van der Waals surface area contributed by atoms with Gasteiger partial charge in [0.05, 0.1) is 24.1 Å². The molecule has 0 bridgehead atoms. The summed E-state index contributed by atoms with van der Waals surface area (Å²) in [5.74, 6) is -0.0739. The standard InChI is InChI=1S/C11H12BrNO2.C5H4BrNOS.H14P12/c1-15-11(14)8-6-13(7-8)10-4-2-3-9(12)5-10;6-4-1-2-9-5(4)3-7-8;1-8(2)11(7)12(9(3)4)10(5)6/h2-5,8H,6-7H2,1H3;1-3,8H;1-7H2/b;7-3+;. The van der Waals surface area contributed by atoms with Crippen LogP contribution in [0.15, 0.2) is 49.8 Å². The number of carbonyl (C=O) groups excluding carboxylic acids is 1. The van der Waals surface area contributed by atoms with E-state index in [9.17, 15) is 4.79 Å². The van der Waals surface area contributed by atoms with Crippen molar-refractivity contribution in [3.8, 4) is 0 Å². The molecule has 1 N–H and O–H groups in total. The molecule has 5 nitrogen and oxygen atoms in total. The molecule has 3 rings (SSSR count). The van der Waals surface area contributed by atoms with E-state index in [1.165, 1.54) is 24.7 Å². The van der Waals surface area contributed by atoms with Crippen LogP contribution in [0.4, 0.5) is 5.69 Å². The molecule has 0 aliphatic carbocycles. The van der Waals surface area contributed by atoms with Gasteiger partial charge in [-0.2, -0.15) is 0 Å². The Morgan fingerprint density at radius 3 is 2.11 bits per heavy atom. The molecule has 8 atom stereocenters. The Bertz CT molecular complexity index is 960. The Morgan fingerprint density at radius 2 is 1.72 bits per heavy atom. The van der Waals surface area contributed by atoms with Crippen LogP contribution in [0.2, 0.25) is 0 Å². The van der Waals surface area contributed by atoms with Gasteiger partial charge < -0.3 is 14.8 Å². The summed E-state index contributed by atoms with van der Waals surface area (Å²) in [5.41, 5.74) is 1.14. The molecule has 0 amide bonds. The Hall–Kier alpha value is 3.78. The lowest BCUT2D eigenvalue weighted by atomic mass is 9.99. The van der Waals surface area contributed by atoms with Gasteiger partial charge in [0, 0.05) is 27.7 Å². The fraction of sp³-hybridized carbons (Fsp3) is 0.250. The molecule has 8 unspecified atom stereocenters. The number of nitrogens with zero attached hydrogens (tertiary/aromatic N) is 2. The minimum absolute atomic E-state index is 0.0361. The fourth-order valence-electron chi connectivity index (χ4n) is 2.55. The maximum absolute atomic E-state index is 11.2. The zero-order valence-electron chi connectivity index (χ0n) is 19.1. The molecule has 1 aromatic heterocycles. The number of thiophene rings is 1. The van der Waals surface area contributed by atoms with Gasteiger partial charge in [-0.3, -0.25) is 4.79 Å². The van der Waals surface area contributed by atoms with Gasteiger partial charge >= 0.3 is 5.97 Å². The molecular weight excluding hydrogens is 832 g/mol. The van der Waals surface area contributed by atoms with E-state index < -0.39 is 0 Å². The van der Waals surface area contributed by atoms with E-state index in [1.807, 2.05) is 35.7 Å². The number of halogens is 2. The Morgan fingerprint density at radius 1 is 1.11 bits per heavy atom. The second kappa shape index (κ2) is 20.6. The third-order valence-corrected chi connectivity index (χ3v) is 73.2. The molecule has 1 fully saturated rings. The first kappa shape index (κ1) is 37.8. The number of carbonyl (C=O) groups is 1. The van der Waals surface area contributed by atoms with Crippen LogP contribution in [0.25, 0.3) is 0 Å². The quantitative estimate of drug-likeness (QED) is 0.0990. The van der Waals surface area contributed by atoms with E-state index in [2.05, 4.69) is 109 Å². The highest BCUT2D eigenvalue weighted by Gasteiger charge is 2.33. The highest BCUT2D eigenvalue weighted by Crippen LogP contribution is 3.16. The Balaban J connectivity index is 0.000000280. The van der Waals surface area contributed by atoms with Gasteiger partial charge in [-0.05, 0) is 80.5 Å². The van der Waals surface area contributed by atoms with E-state index in [0.717, 1.165) is 32.6 Å². The first-order chi connectivity index (χ1) is 16.9. The number of anilines is 1. The van der Waals surface area contributed by atoms with E-state index in [4.69, 9.17) is 5.21 Å². The van der Waals surface area contributed by atoms with Crippen LogP contribution in [-0.2, 0) is 9.53 Å². The molecule has 0 radical (unpaired) electrons. The summed E-state index contributed by atoms with van der Waals surface area (Å²) in [4.78, 5) is 14.3. The van der Waals surface area contributed by atoms with Gasteiger partial charge in [-0.15, -0.1) is 73.8 Å². The van der Waals surface area contributed by atoms with E-state index >= 15 is 0 Å². The van der Waals surface area contributed by atoms with Gasteiger partial charge in [-0.25, -0.2) is 0 Å². The summed E-state index contributed by atoms with van der Waals surface area (Å²) in [5, 5.41) is 12.9. The number of hydrogen-bond donors (Lipinski definition) is 1. The molecule has 2 aromatic rings. The molecule has 1 saturated heterocycles. The number of rotatable bonds is 7. The van der Waals surface area contributed by atoms with E-state index in [0.29, 0.717) is 0 Å².